The number of hydrogen-bond donors (Lipinski definition) is 0. The zero-order valence-corrected chi connectivity index (χ0v) is 15.9. The van der Waals surface area contributed by atoms with Gasteiger partial charge in [-0.05, 0) is 0 Å². The van der Waals surface area contributed by atoms with Gasteiger partial charge in [0.05, 0.1) is 0 Å². The van der Waals surface area contributed by atoms with E-state index in [2.05, 4.69) is 20.8 Å². The summed E-state index contributed by atoms with van der Waals surface area (Å²) in [6.07, 6.45) is 13.4. The van der Waals surface area contributed by atoms with Crippen LogP contribution in [0, 0.1) is 0 Å². The van der Waals surface area contributed by atoms with E-state index in [1.54, 1.807) is 31.2 Å². The fourth-order valence-corrected chi connectivity index (χ4v) is 13.9. The normalized spacial score (nSPS) is 11.2. The van der Waals surface area contributed by atoms with Crippen molar-refractivity contribution in [1.82, 2.24) is 0 Å². The Bertz CT molecular complexity index is 98.8. The second-order valence-electron chi connectivity index (χ2n) is 5.12. The van der Waals surface area contributed by atoms with E-state index in [1.807, 2.05) is 0 Å². The molecule has 0 aromatic heterocycles. The third kappa shape index (κ3) is 11.4. The van der Waals surface area contributed by atoms with Gasteiger partial charge in [-0.1, -0.05) is 0 Å². The zero-order chi connectivity index (χ0) is 12.1. The van der Waals surface area contributed by atoms with Crippen LogP contribution in [0.5, 0.6) is 0 Å². The Labute approximate surface area is 113 Å². The van der Waals surface area contributed by atoms with Crippen molar-refractivity contribution in [3.8, 4) is 0 Å². The molecule has 0 bridgehead atoms. The van der Waals surface area contributed by atoms with Crippen molar-refractivity contribution in [1.29, 1.82) is 0 Å². The minimum absolute atomic E-state index is 1.06. The van der Waals surface area contributed by atoms with Crippen molar-refractivity contribution >= 4 is 22.7 Å². The van der Waals surface area contributed by atoms with Crippen molar-refractivity contribution in [2.45, 2.75) is 90.5 Å². The van der Waals surface area contributed by atoms with Gasteiger partial charge in [0, 0.05) is 0 Å². The summed E-state index contributed by atoms with van der Waals surface area (Å²) in [5.41, 5.74) is 0. The van der Waals surface area contributed by atoms with Crippen LogP contribution in [0.15, 0.2) is 0 Å². The number of unbranched alkanes of at least 4 members (excludes halogenated alkanes) is 6. The summed E-state index contributed by atoms with van der Waals surface area (Å²) >= 11 is -1.06. The van der Waals surface area contributed by atoms with E-state index in [0.29, 0.717) is 0 Å². The molecule has 1 radical (unpaired) electrons. The molecule has 0 N–H and O–H groups in total. The van der Waals surface area contributed by atoms with Gasteiger partial charge in [-0.2, -0.15) is 0 Å². The van der Waals surface area contributed by atoms with Gasteiger partial charge in [0.15, 0.2) is 0 Å². The molecule has 0 heterocycles. The maximum absolute atomic E-state index is 2.33. The van der Waals surface area contributed by atoms with Crippen LogP contribution in [0.25, 0.3) is 0 Å². The average Bonchev–Trinajstić information content (AvgIpc) is 2.29. The standard InChI is InChI=1S/3C5H11.Pb/c3*1-3-5-4-2;/h3*1,3-5H2,2H3;. The van der Waals surface area contributed by atoms with Gasteiger partial charge in [-0.25, -0.2) is 0 Å². The Kier molecular flexibility index (Phi) is 14.8. The molecule has 0 nitrogen and oxygen atoms in total. The van der Waals surface area contributed by atoms with Crippen LogP contribution in [0.4, 0.5) is 0 Å². The Morgan fingerprint density at radius 3 is 1.06 bits per heavy atom. The molecule has 97 valence electrons. The third-order valence-corrected chi connectivity index (χ3v) is 15.8. The van der Waals surface area contributed by atoms with E-state index in [-0.39, 0.29) is 0 Å². The number of rotatable bonds is 12. The molecule has 0 fully saturated rings. The number of hydrogen-bond acceptors (Lipinski definition) is 0. The maximum atomic E-state index is 2.33. The Hall–Kier alpha value is 0.922. The van der Waals surface area contributed by atoms with Gasteiger partial charge < -0.3 is 0 Å². The fraction of sp³-hybridized carbons (Fsp3) is 1.00. The van der Waals surface area contributed by atoms with Crippen molar-refractivity contribution in [3.05, 3.63) is 0 Å². The summed E-state index contributed by atoms with van der Waals surface area (Å²) in [5, 5.41) is 0. The van der Waals surface area contributed by atoms with Crippen LogP contribution in [0.3, 0.4) is 0 Å². The van der Waals surface area contributed by atoms with E-state index in [9.17, 15) is 0 Å². The Morgan fingerprint density at radius 1 is 0.500 bits per heavy atom. The monoisotopic (exact) mass is 421 g/mol. The van der Waals surface area contributed by atoms with Crippen molar-refractivity contribution < 1.29 is 0 Å². The van der Waals surface area contributed by atoms with Crippen LogP contribution >= 0.6 is 0 Å². The molecule has 0 aliphatic carbocycles. The van der Waals surface area contributed by atoms with Crippen LogP contribution in [-0.4, -0.2) is 22.7 Å². The first-order valence-electron chi connectivity index (χ1n) is 7.68. The summed E-state index contributed by atoms with van der Waals surface area (Å²) < 4.78 is 5.14. The van der Waals surface area contributed by atoms with E-state index in [1.165, 1.54) is 38.5 Å². The van der Waals surface area contributed by atoms with Crippen molar-refractivity contribution in [2.24, 2.45) is 0 Å². The molecule has 0 aromatic carbocycles. The molecule has 16 heavy (non-hydrogen) atoms. The summed E-state index contributed by atoms with van der Waals surface area (Å²) in [4.78, 5) is 0. The SMILES string of the molecule is CCCC[CH2][Pb]([CH2]CCCC)[CH2]CCCC. The molecule has 0 aliphatic heterocycles. The van der Waals surface area contributed by atoms with Crippen LogP contribution in [0.1, 0.15) is 78.6 Å². The summed E-state index contributed by atoms with van der Waals surface area (Å²) in [5.74, 6) is 0. The molecule has 0 spiro atoms. The molecular formula is C15H33Pb. The molecular weight excluding hydrogens is 387 g/mol. The third-order valence-electron chi connectivity index (χ3n) is 3.40. The minimum atomic E-state index is -1.06. The van der Waals surface area contributed by atoms with E-state index in [0.717, 1.165) is 0 Å². The van der Waals surface area contributed by atoms with Crippen LogP contribution in [0.2, 0.25) is 11.9 Å². The van der Waals surface area contributed by atoms with Gasteiger partial charge in [0.2, 0.25) is 0 Å². The van der Waals surface area contributed by atoms with Crippen LogP contribution < -0.4 is 0 Å². The summed E-state index contributed by atoms with van der Waals surface area (Å²) in [7, 11) is 0. The van der Waals surface area contributed by atoms with Gasteiger partial charge in [0.25, 0.3) is 0 Å². The zero-order valence-electron chi connectivity index (χ0n) is 12.0. The first-order valence-corrected chi connectivity index (χ1v) is 15.9. The first-order chi connectivity index (χ1) is 7.85. The van der Waals surface area contributed by atoms with Gasteiger partial charge in [-0.3, -0.25) is 0 Å². The topological polar surface area (TPSA) is 0 Å². The Balaban J connectivity index is 3.58. The quantitative estimate of drug-likeness (QED) is 0.266. The molecule has 0 saturated heterocycles. The molecule has 0 atom stereocenters. The Morgan fingerprint density at radius 2 is 0.812 bits per heavy atom. The van der Waals surface area contributed by atoms with Gasteiger partial charge in [-0.15, -0.1) is 0 Å². The fourth-order valence-electron chi connectivity index (χ4n) is 2.25. The van der Waals surface area contributed by atoms with E-state index >= 15 is 0 Å². The van der Waals surface area contributed by atoms with E-state index in [4.69, 9.17) is 0 Å². The predicted molar refractivity (Wildman–Crippen MR) is 78.8 cm³/mol. The van der Waals surface area contributed by atoms with Crippen LogP contribution in [-0.2, 0) is 0 Å². The second kappa shape index (κ2) is 14.0. The van der Waals surface area contributed by atoms with Crippen molar-refractivity contribution in [3.63, 3.8) is 0 Å². The van der Waals surface area contributed by atoms with Crippen molar-refractivity contribution in [2.75, 3.05) is 0 Å². The molecule has 0 aliphatic rings. The second-order valence-corrected chi connectivity index (χ2v) is 16.8. The molecule has 1 heteroatoms. The molecule has 0 unspecified atom stereocenters. The van der Waals surface area contributed by atoms with E-state index < -0.39 is 22.7 Å². The first kappa shape index (κ1) is 16.9. The van der Waals surface area contributed by atoms with Gasteiger partial charge >= 0.3 is 113 Å². The van der Waals surface area contributed by atoms with Gasteiger partial charge in [0.1, 0.15) is 0 Å². The summed E-state index contributed by atoms with van der Waals surface area (Å²) in [6.45, 7) is 7.00. The molecule has 0 rings (SSSR count). The molecule has 0 aromatic rings. The molecule has 0 amide bonds. The summed E-state index contributed by atoms with van der Waals surface area (Å²) in [6, 6.07) is 0. The predicted octanol–water partition coefficient (Wildman–Crippen LogP) is 6.05. The average molecular weight is 421 g/mol. The molecule has 0 saturated carbocycles.